The average Bonchev–Trinajstić information content (AvgIpc) is 3.89. The molecule has 1 aliphatic heterocycles. The summed E-state index contributed by atoms with van der Waals surface area (Å²) >= 11 is 0. The Morgan fingerprint density at radius 2 is 1.19 bits per heavy atom. The molecule has 1 aromatic heterocycles. The van der Waals surface area contributed by atoms with Gasteiger partial charge in [0.2, 0.25) is 0 Å². The predicted molar refractivity (Wildman–Crippen MR) is 276 cm³/mol. The Balaban J connectivity index is 0.923. The van der Waals surface area contributed by atoms with E-state index in [1.54, 1.807) is 6.08 Å². The molecule has 8 aromatic carbocycles. The number of para-hydroxylation sites is 3. The maximum Gasteiger partial charge on any atom is 0.123 e. The van der Waals surface area contributed by atoms with Crippen LogP contribution in [0.1, 0.15) is 18.9 Å². The van der Waals surface area contributed by atoms with Crippen LogP contribution in [-0.2, 0) is 0 Å². The molecule has 324 valence electrons. The van der Waals surface area contributed by atoms with E-state index in [1.807, 2.05) is 36.4 Å². The third-order valence-electron chi connectivity index (χ3n) is 12.9. The van der Waals surface area contributed by atoms with E-state index in [1.165, 1.54) is 35.4 Å². The highest BCUT2D eigenvalue weighted by Gasteiger charge is 2.36. The summed E-state index contributed by atoms with van der Waals surface area (Å²) in [5.74, 6) is -0.497. The lowest BCUT2D eigenvalue weighted by Gasteiger charge is -2.33. The van der Waals surface area contributed by atoms with Crippen LogP contribution in [0.2, 0.25) is 0 Å². The standard InChI is InChI=1S/C61H46F2N4/c1-3-5-13-46(4-2)64(52-36-38-60-56(40-52)54-16-9-11-18-58(54)66(60)50-32-24-44(62)25-33-50)48-28-20-42(21-29-48)43-22-30-49(31-23-43)65(47-14-7-6-8-15-47)53-37-39-61-57(41-53)55-17-10-12-19-59(55)67(61)51-34-26-45(63)27-35-51/h3-38,40-41,61H,1,39H2,2H3/b13-5-,46-4+/t61-/m0/s1. The van der Waals surface area contributed by atoms with E-state index in [0.717, 1.165) is 90.6 Å². The van der Waals surface area contributed by atoms with Crippen LogP contribution in [0, 0.1) is 11.6 Å². The molecule has 2 heterocycles. The second-order valence-corrected chi connectivity index (χ2v) is 16.8. The van der Waals surface area contributed by atoms with Gasteiger partial charge in [0.15, 0.2) is 0 Å². The lowest BCUT2D eigenvalue weighted by atomic mass is 9.93. The first-order valence-electron chi connectivity index (χ1n) is 22.6. The summed E-state index contributed by atoms with van der Waals surface area (Å²) in [7, 11) is 0. The first-order chi connectivity index (χ1) is 33.0. The fraction of sp³-hybridized carbons (Fsp3) is 0.0492. The number of allylic oxidation sites excluding steroid dienone is 5. The normalized spacial score (nSPS) is 14.5. The summed E-state index contributed by atoms with van der Waals surface area (Å²) in [6.07, 6.45) is 13.4. The summed E-state index contributed by atoms with van der Waals surface area (Å²) in [5, 5.41) is 2.22. The zero-order valence-electron chi connectivity index (χ0n) is 37.0. The number of benzene rings is 8. The van der Waals surface area contributed by atoms with Crippen LogP contribution in [0.25, 0.3) is 44.2 Å². The molecule has 1 aliphatic carbocycles. The van der Waals surface area contributed by atoms with Crippen LogP contribution in [0.15, 0.2) is 249 Å². The first-order valence-corrected chi connectivity index (χ1v) is 22.6. The molecule has 0 N–H and O–H groups in total. The fourth-order valence-electron chi connectivity index (χ4n) is 9.86. The Bertz CT molecular complexity index is 3420. The topological polar surface area (TPSA) is 14.7 Å². The lowest BCUT2D eigenvalue weighted by molar-refractivity contribution is 0.627. The molecule has 0 unspecified atom stereocenters. The minimum Gasteiger partial charge on any atom is -0.333 e. The first kappa shape index (κ1) is 41.2. The van der Waals surface area contributed by atoms with Gasteiger partial charge < -0.3 is 19.3 Å². The van der Waals surface area contributed by atoms with Crippen molar-refractivity contribution in [3.8, 4) is 16.8 Å². The molecule has 67 heavy (non-hydrogen) atoms. The fourth-order valence-corrected chi connectivity index (χ4v) is 9.86. The van der Waals surface area contributed by atoms with Gasteiger partial charge in [-0.25, -0.2) is 8.78 Å². The van der Waals surface area contributed by atoms with E-state index in [0.29, 0.717) is 0 Å². The predicted octanol–water partition coefficient (Wildman–Crippen LogP) is 16.5. The van der Waals surface area contributed by atoms with Crippen LogP contribution in [0.4, 0.5) is 42.9 Å². The number of nitrogens with zero attached hydrogens (tertiary/aromatic N) is 4. The maximum atomic E-state index is 14.0. The highest BCUT2D eigenvalue weighted by Crippen LogP contribution is 2.49. The van der Waals surface area contributed by atoms with Crippen LogP contribution >= 0.6 is 0 Å². The smallest absolute Gasteiger partial charge is 0.123 e. The van der Waals surface area contributed by atoms with Gasteiger partial charge in [0.25, 0.3) is 0 Å². The molecular formula is C61H46F2N4. The molecule has 2 aliphatic rings. The van der Waals surface area contributed by atoms with E-state index in [2.05, 4.69) is 197 Å². The lowest BCUT2D eigenvalue weighted by Crippen LogP contribution is -2.29. The molecule has 0 amide bonds. The van der Waals surface area contributed by atoms with Gasteiger partial charge in [0.1, 0.15) is 11.6 Å². The Labute approximate surface area is 389 Å². The molecule has 6 heteroatoms. The van der Waals surface area contributed by atoms with E-state index in [-0.39, 0.29) is 17.7 Å². The Morgan fingerprint density at radius 3 is 1.90 bits per heavy atom. The SMILES string of the molecule is C=C/C=C\C(=C/C)N(c1ccc(-c2ccc(N(C3=CC[C@H]4C(=C3)c3ccccc3N4c3ccc(F)cc3)c3ccccc3)cc2)cc1)c1ccc2c(c1)c1ccccc1n2-c1ccc(F)cc1. The molecule has 0 saturated carbocycles. The average molecular weight is 873 g/mol. The minimum absolute atomic E-state index is 0.102. The Morgan fingerprint density at radius 1 is 0.597 bits per heavy atom. The number of halogens is 2. The third kappa shape index (κ3) is 7.52. The molecule has 9 aromatic rings. The largest absolute Gasteiger partial charge is 0.333 e. The number of hydrogen-bond acceptors (Lipinski definition) is 3. The van der Waals surface area contributed by atoms with Gasteiger partial charge in [0, 0.05) is 67.5 Å². The number of fused-ring (bicyclic) bond motifs is 6. The van der Waals surface area contributed by atoms with Crippen LogP contribution in [0.5, 0.6) is 0 Å². The summed E-state index contributed by atoms with van der Waals surface area (Å²) in [5.41, 5.74) is 16.1. The molecule has 0 fully saturated rings. The van der Waals surface area contributed by atoms with E-state index in [9.17, 15) is 8.78 Å². The van der Waals surface area contributed by atoms with Crippen molar-refractivity contribution in [2.24, 2.45) is 0 Å². The second-order valence-electron chi connectivity index (χ2n) is 16.8. The quantitative estimate of drug-likeness (QED) is 0.120. The van der Waals surface area contributed by atoms with Gasteiger partial charge in [-0.3, -0.25) is 0 Å². The molecule has 0 spiro atoms. The van der Waals surface area contributed by atoms with Crippen LogP contribution in [-0.4, -0.2) is 10.6 Å². The Kier molecular flexibility index (Phi) is 10.8. The molecule has 0 bridgehead atoms. The molecule has 11 rings (SSSR count). The van der Waals surface area contributed by atoms with E-state index >= 15 is 0 Å². The van der Waals surface area contributed by atoms with Crippen molar-refractivity contribution in [1.29, 1.82) is 0 Å². The van der Waals surface area contributed by atoms with Gasteiger partial charge in [-0.2, -0.15) is 0 Å². The van der Waals surface area contributed by atoms with Crippen LogP contribution in [0.3, 0.4) is 0 Å². The van der Waals surface area contributed by atoms with Crippen molar-refractivity contribution < 1.29 is 8.78 Å². The number of rotatable bonds is 11. The van der Waals surface area contributed by atoms with Crippen molar-refractivity contribution in [2.75, 3.05) is 14.7 Å². The molecule has 4 nitrogen and oxygen atoms in total. The second kappa shape index (κ2) is 17.5. The van der Waals surface area contributed by atoms with Gasteiger partial charge in [-0.1, -0.05) is 110 Å². The monoisotopic (exact) mass is 872 g/mol. The highest BCUT2D eigenvalue weighted by molar-refractivity contribution is 6.10. The van der Waals surface area contributed by atoms with E-state index in [4.69, 9.17) is 0 Å². The van der Waals surface area contributed by atoms with Gasteiger partial charge in [-0.05, 0) is 157 Å². The van der Waals surface area contributed by atoms with Crippen molar-refractivity contribution in [3.05, 3.63) is 266 Å². The maximum absolute atomic E-state index is 14.0. The van der Waals surface area contributed by atoms with Crippen molar-refractivity contribution in [1.82, 2.24) is 4.57 Å². The summed E-state index contributed by atoms with van der Waals surface area (Å²) in [6.45, 7) is 6.00. The third-order valence-corrected chi connectivity index (χ3v) is 12.9. The van der Waals surface area contributed by atoms with Gasteiger partial charge in [0.05, 0.1) is 17.1 Å². The summed E-state index contributed by atoms with van der Waals surface area (Å²) < 4.78 is 30.2. The van der Waals surface area contributed by atoms with Crippen LogP contribution < -0.4 is 14.7 Å². The van der Waals surface area contributed by atoms with Crippen molar-refractivity contribution in [2.45, 2.75) is 19.4 Å². The number of hydrogen-bond donors (Lipinski definition) is 0. The van der Waals surface area contributed by atoms with Crippen molar-refractivity contribution in [3.63, 3.8) is 0 Å². The van der Waals surface area contributed by atoms with E-state index < -0.39 is 0 Å². The minimum atomic E-state index is -0.259. The number of anilines is 6. The Hall–Kier alpha value is -8.48. The molecular weight excluding hydrogens is 827 g/mol. The molecule has 0 saturated heterocycles. The highest BCUT2D eigenvalue weighted by atomic mass is 19.1. The zero-order chi connectivity index (χ0) is 45.4. The zero-order valence-corrected chi connectivity index (χ0v) is 37.0. The van der Waals surface area contributed by atoms with Crippen molar-refractivity contribution >= 4 is 61.5 Å². The van der Waals surface area contributed by atoms with Gasteiger partial charge in [-0.15, -0.1) is 0 Å². The molecule has 1 atom stereocenters. The summed E-state index contributed by atoms with van der Waals surface area (Å²) in [6, 6.07) is 65.1. The number of aromatic nitrogens is 1. The summed E-state index contributed by atoms with van der Waals surface area (Å²) in [4.78, 5) is 6.94. The van der Waals surface area contributed by atoms with Gasteiger partial charge >= 0.3 is 0 Å². The molecule has 0 radical (unpaired) electrons.